The molecule has 2 saturated heterocycles. The number of carbonyl (C=O) groups excluding carboxylic acids is 2. The molecule has 5 rings (SSSR count). The number of nitrogens with zero attached hydrogens (tertiary/aromatic N) is 3. The molecule has 3 atom stereocenters. The Hall–Kier alpha value is -2.73. The van der Waals surface area contributed by atoms with E-state index in [0.717, 1.165) is 29.5 Å². The topological polar surface area (TPSA) is 73.7 Å². The molecule has 6 heteroatoms. The molecule has 144 valence electrons. The Morgan fingerprint density at radius 1 is 1.14 bits per heavy atom. The van der Waals surface area contributed by atoms with Crippen molar-refractivity contribution in [2.75, 3.05) is 19.7 Å². The van der Waals surface area contributed by atoms with Gasteiger partial charge in [0.05, 0.1) is 25.2 Å². The smallest absolute Gasteiger partial charge is 0.242 e. The van der Waals surface area contributed by atoms with E-state index in [1.807, 2.05) is 18.3 Å². The van der Waals surface area contributed by atoms with E-state index in [2.05, 4.69) is 29.2 Å². The summed E-state index contributed by atoms with van der Waals surface area (Å²) >= 11 is 0. The van der Waals surface area contributed by atoms with Crippen LogP contribution >= 0.6 is 0 Å². The Morgan fingerprint density at radius 2 is 1.93 bits per heavy atom. The number of hydrogen-bond acceptors (Lipinski definition) is 4. The maximum absolute atomic E-state index is 12.6. The summed E-state index contributed by atoms with van der Waals surface area (Å²) in [6.45, 7) is 0.648. The van der Waals surface area contributed by atoms with Crippen LogP contribution in [0, 0.1) is 5.92 Å². The molecule has 0 radical (unpaired) electrons. The van der Waals surface area contributed by atoms with Crippen molar-refractivity contribution in [3.63, 3.8) is 0 Å². The Bertz CT molecular complexity index is 895. The molecule has 2 aromatic rings. The third-order valence-electron chi connectivity index (χ3n) is 6.28. The predicted octanol–water partition coefficient (Wildman–Crippen LogP) is 1.66. The SMILES string of the molecule is O=C(C1CC1)N1CC(=O)N2[C@@H](CO)[C@@H](c3ccc(-c4cccnc4)cc3)[C@@H]2C1. The van der Waals surface area contributed by atoms with E-state index < -0.39 is 0 Å². The molecular formula is C22H23N3O3. The highest BCUT2D eigenvalue weighted by molar-refractivity contribution is 5.89. The van der Waals surface area contributed by atoms with Crippen LogP contribution in [-0.2, 0) is 9.59 Å². The van der Waals surface area contributed by atoms with Gasteiger partial charge in [0.2, 0.25) is 11.8 Å². The van der Waals surface area contributed by atoms with Gasteiger partial charge in [-0.05, 0) is 35.6 Å². The quantitative estimate of drug-likeness (QED) is 0.879. The summed E-state index contributed by atoms with van der Waals surface area (Å²) < 4.78 is 0. The summed E-state index contributed by atoms with van der Waals surface area (Å²) in [5.41, 5.74) is 3.23. The number of piperazine rings is 1. The number of aliphatic hydroxyl groups is 1. The molecule has 0 spiro atoms. The first-order valence-electron chi connectivity index (χ1n) is 9.88. The second-order valence-corrected chi connectivity index (χ2v) is 8.00. The number of rotatable bonds is 4. The van der Waals surface area contributed by atoms with Crippen molar-refractivity contribution < 1.29 is 14.7 Å². The molecule has 2 amide bonds. The molecule has 6 nitrogen and oxygen atoms in total. The second-order valence-electron chi connectivity index (χ2n) is 8.00. The van der Waals surface area contributed by atoms with Crippen LogP contribution in [0.1, 0.15) is 24.3 Å². The molecule has 1 aromatic heterocycles. The van der Waals surface area contributed by atoms with Crippen LogP contribution in [0.5, 0.6) is 0 Å². The van der Waals surface area contributed by atoms with Gasteiger partial charge in [-0.15, -0.1) is 0 Å². The third kappa shape index (κ3) is 2.79. The van der Waals surface area contributed by atoms with Gasteiger partial charge in [0, 0.05) is 30.8 Å². The van der Waals surface area contributed by atoms with Crippen LogP contribution < -0.4 is 0 Å². The standard InChI is InChI=1S/C22H23N3O3/c26-13-19-21(15-5-3-14(4-6-15)17-2-1-9-23-10-17)18-11-24(12-20(27)25(18)19)22(28)16-7-8-16/h1-6,9-10,16,18-19,21,26H,7-8,11-13H2/t18-,19-,21-/m0/s1. The molecule has 0 unspecified atom stereocenters. The molecule has 0 bridgehead atoms. The van der Waals surface area contributed by atoms with E-state index in [9.17, 15) is 14.7 Å². The minimum Gasteiger partial charge on any atom is -0.394 e. The van der Waals surface area contributed by atoms with Crippen LogP contribution in [0.4, 0.5) is 0 Å². The summed E-state index contributed by atoms with van der Waals surface area (Å²) in [6.07, 6.45) is 5.46. The van der Waals surface area contributed by atoms with E-state index in [4.69, 9.17) is 0 Å². The highest BCUT2D eigenvalue weighted by Crippen LogP contribution is 2.44. The Kier molecular flexibility index (Phi) is 4.16. The summed E-state index contributed by atoms with van der Waals surface area (Å²) in [5, 5.41) is 9.90. The molecule has 28 heavy (non-hydrogen) atoms. The number of fused-ring (bicyclic) bond motifs is 1. The van der Waals surface area contributed by atoms with Gasteiger partial charge in [-0.2, -0.15) is 0 Å². The van der Waals surface area contributed by atoms with Gasteiger partial charge in [-0.1, -0.05) is 30.3 Å². The molecule has 3 fully saturated rings. The zero-order valence-corrected chi connectivity index (χ0v) is 15.6. The van der Waals surface area contributed by atoms with Crippen molar-refractivity contribution >= 4 is 11.8 Å². The number of benzene rings is 1. The first-order valence-corrected chi connectivity index (χ1v) is 9.88. The van der Waals surface area contributed by atoms with Gasteiger partial charge in [-0.3, -0.25) is 14.6 Å². The van der Waals surface area contributed by atoms with Gasteiger partial charge >= 0.3 is 0 Å². The molecule has 1 N–H and O–H groups in total. The Morgan fingerprint density at radius 3 is 2.57 bits per heavy atom. The van der Waals surface area contributed by atoms with Gasteiger partial charge in [-0.25, -0.2) is 0 Å². The van der Waals surface area contributed by atoms with E-state index in [1.165, 1.54) is 0 Å². The lowest BCUT2D eigenvalue weighted by atomic mass is 9.73. The van der Waals surface area contributed by atoms with Crippen LogP contribution in [0.2, 0.25) is 0 Å². The molecular weight excluding hydrogens is 354 g/mol. The van der Waals surface area contributed by atoms with Crippen LogP contribution in [0.3, 0.4) is 0 Å². The van der Waals surface area contributed by atoms with E-state index in [-0.39, 0.29) is 48.9 Å². The monoisotopic (exact) mass is 377 g/mol. The van der Waals surface area contributed by atoms with Crippen molar-refractivity contribution in [3.8, 4) is 11.1 Å². The van der Waals surface area contributed by atoms with Crippen LogP contribution in [0.15, 0.2) is 48.8 Å². The van der Waals surface area contributed by atoms with Gasteiger partial charge in [0.1, 0.15) is 0 Å². The lowest BCUT2D eigenvalue weighted by Crippen LogP contribution is -2.73. The molecule has 1 saturated carbocycles. The normalized spacial score (nSPS) is 26.6. The zero-order chi connectivity index (χ0) is 19.3. The molecule has 3 heterocycles. The lowest BCUT2D eigenvalue weighted by Gasteiger charge is -2.58. The fourth-order valence-electron chi connectivity index (χ4n) is 4.69. The number of aromatic nitrogens is 1. The van der Waals surface area contributed by atoms with Gasteiger partial charge in [0.25, 0.3) is 0 Å². The second kappa shape index (κ2) is 6.71. The number of aliphatic hydroxyl groups excluding tert-OH is 1. The average molecular weight is 377 g/mol. The highest BCUT2D eigenvalue weighted by atomic mass is 16.3. The molecule has 1 aliphatic carbocycles. The van der Waals surface area contributed by atoms with Crippen molar-refractivity contribution in [1.82, 2.24) is 14.8 Å². The van der Waals surface area contributed by atoms with E-state index in [0.29, 0.717) is 6.54 Å². The summed E-state index contributed by atoms with van der Waals surface area (Å²) in [7, 11) is 0. The van der Waals surface area contributed by atoms with E-state index >= 15 is 0 Å². The lowest BCUT2D eigenvalue weighted by molar-refractivity contribution is -0.167. The fraction of sp³-hybridized carbons (Fsp3) is 0.409. The zero-order valence-electron chi connectivity index (χ0n) is 15.6. The number of pyridine rings is 1. The molecule has 2 aliphatic heterocycles. The fourth-order valence-corrected chi connectivity index (χ4v) is 4.69. The van der Waals surface area contributed by atoms with E-state index in [1.54, 1.807) is 16.0 Å². The van der Waals surface area contributed by atoms with Crippen molar-refractivity contribution in [1.29, 1.82) is 0 Å². The molecule has 3 aliphatic rings. The van der Waals surface area contributed by atoms with Crippen LogP contribution in [-0.4, -0.2) is 63.5 Å². The Balaban J connectivity index is 1.39. The molecule has 1 aromatic carbocycles. The Labute approximate surface area is 163 Å². The van der Waals surface area contributed by atoms with Crippen LogP contribution in [0.25, 0.3) is 11.1 Å². The largest absolute Gasteiger partial charge is 0.394 e. The minimum absolute atomic E-state index is 0.0479. The van der Waals surface area contributed by atoms with Crippen molar-refractivity contribution in [3.05, 3.63) is 54.4 Å². The maximum atomic E-state index is 12.6. The summed E-state index contributed by atoms with van der Waals surface area (Å²) in [4.78, 5) is 32.8. The predicted molar refractivity (Wildman–Crippen MR) is 103 cm³/mol. The van der Waals surface area contributed by atoms with Gasteiger partial charge in [0.15, 0.2) is 0 Å². The third-order valence-corrected chi connectivity index (χ3v) is 6.28. The number of carbonyl (C=O) groups is 2. The first-order chi connectivity index (χ1) is 13.7. The number of hydrogen-bond donors (Lipinski definition) is 1. The average Bonchev–Trinajstić information content (AvgIpc) is 3.55. The van der Waals surface area contributed by atoms with Crippen molar-refractivity contribution in [2.24, 2.45) is 5.92 Å². The number of amides is 2. The summed E-state index contributed by atoms with van der Waals surface area (Å²) in [6, 6.07) is 11.9. The summed E-state index contributed by atoms with van der Waals surface area (Å²) in [5.74, 6) is 0.232. The first kappa shape index (κ1) is 17.4. The maximum Gasteiger partial charge on any atom is 0.242 e. The minimum atomic E-state index is -0.208. The van der Waals surface area contributed by atoms with Gasteiger partial charge < -0.3 is 14.9 Å². The van der Waals surface area contributed by atoms with Crippen molar-refractivity contribution in [2.45, 2.75) is 30.8 Å². The highest BCUT2D eigenvalue weighted by Gasteiger charge is 2.55.